The van der Waals surface area contributed by atoms with Gasteiger partial charge in [0.15, 0.2) is 0 Å². The SMILES string of the molecule is O=CN(c1ccc(Cl)cc1F)C1(c2ccccc2)CCCC1. The number of anilines is 1. The summed E-state index contributed by atoms with van der Waals surface area (Å²) in [6.07, 6.45) is 4.45. The molecule has 0 N–H and O–H groups in total. The maximum absolute atomic E-state index is 14.3. The zero-order valence-corrected chi connectivity index (χ0v) is 12.9. The summed E-state index contributed by atoms with van der Waals surface area (Å²) < 4.78 is 14.3. The molecule has 0 spiro atoms. The molecule has 0 aliphatic heterocycles. The number of carbonyl (C=O) groups is 1. The van der Waals surface area contributed by atoms with Crippen LogP contribution in [0.4, 0.5) is 10.1 Å². The van der Waals surface area contributed by atoms with Crippen LogP contribution in [0.1, 0.15) is 31.2 Å². The minimum absolute atomic E-state index is 0.283. The predicted octanol–water partition coefficient (Wildman–Crippen LogP) is 4.91. The Morgan fingerprint density at radius 2 is 1.77 bits per heavy atom. The third-order valence-corrected chi connectivity index (χ3v) is 4.71. The van der Waals surface area contributed by atoms with Crippen molar-refractivity contribution < 1.29 is 9.18 Å². The van der Waals surface area contributed by atoms with Gasteiger partial charge in [0.25, 0.3) is 0 Å². The van der Waals surface area contributed by atoms with E-state index in [-0.39, 0.29) is 5.69 Å². The molecule has 0 aromatic heterocycles. The van der Waals surface area contributed by atoms with Crippen LogP contribution >= 0.6 is 11.6 Å². The lowest BCUT2D eigenvalue weighted by molar-refractivity contribution is -0.108. The third kappa shape index (κ3) is 2.50. The van der Waals surface area contributed by atoms with E-state index in [4.69, 9.17) is 11.6 Å². The number of rotatable bonds is 4. The molecule has 0 heterocycles. The fourth-order valence-electron chi connectivity index (χ4n) is 3.44. The van der Waals surface area contributed by atoms with Gasteiger partial charge in [0.2, 0.25) is 6.41 Å². The van der Waals surface area contributed by atoms with Crippen molar-refractivity contribution in [1.29, 1.82) is 0 Å². The molecule has 0 bridgehead atoms. The first-order valence-corrected chi connectivity index (χ1v) is 7.80. The largest absolute Gasteiger partial charge is 0.302 e. The Labute approximate surface area is 134 Å². The first-order chi connectivity index (χ1) is 10.7. The van der Waals surface area contributed by atoms with E-state index in [1.54, 1.807) is 17.0 Å². The van der Waals surface area contributed by atoms with Gasteiger partial charge >= 0.3 is 0 Å². The average molecular weight is 318 g/mol. The fourth-order valence-corrected chi connectivity index (χ4v) is 3.60. The van der Waals surface area contributed by atoms with Crippen molar-refractivity contribution in [1.82, 2.24) is 0 Å². The third-order valence-electron chi connectivity index (χ3n) is 4.48. The van der Waals surface area contributed by atoms with E-state index in [9.17, 15) is 9.18 Å². The normalized spacial score (nSPS) is 16.5. The van der Waals surface area contributed by atoms with Gasteiger partial charge in [-0.15, -0.1) is 0 Å². The number of carbonyl (C=O) groups excluding carboxylic acids is 1. The number of halogens is 2. The lowest BCUT2D eigenvalue weighted by atomic mass is 9.86. The number of hydrogen-bond donors (Lipinski definition) is 0. The highest BCUT2D eigenvalue weighted by molar-refractivity contribution is 6.30. The minimum atomic E-state index is -0.475. The average Bonchev–Trinajstić information content (AvgIpc) is 3.02. The molecule has 1 fully saturated rings. The number of nitrogens with zero attached hydrogens (tertiary/aromatic N) is 1. The number of benzene rings is 2. The molecule has 1 saturated carbocycles. The van der Waals surface area contributed by atoms with Gasteiger partial charge in [-0.1, -0.05) is 54.8 Å². The zero-order chi connectivity index (χ0) is 15.6. The van der Waals surface area contributed by atoms with Gasteiger partial charge < -0.3 is 4.90 Å². The van der Waals surface area contributed by atoms with E-state index in [0.717, 1.165) is 37.7 Å². The van der Waals surface area contributed by atoms with Crippen molar-refractivity contribution in [2.24, 2.45) is 0 Å². The van der Waals surface area contributed by atoms with Crippen molar-refractivity contribution in [3.8, 4) is 0 Å². The van der Waals surface area contributed by atoms with Crippen LogP contribution in [0.5, 0.6) is 0 Å². The minimum Gasteiger partial charge on any atom is -0.302 e. The van der Waals surface area contributed by atoms with Crippen LogP contribution in [0.15, 0.2) is 48.5 Å². The summed E-state index contributed by atoms with van der Waals surface area (Å²) in [6, 6.07) is 14.3. The van der Waals surface area contributed by atoms with E-state index < -0.39 is 11.4 Å². The molecule has 1 aliphatic carbocycles. The van der Waals surface area contributed by atoms with Crippen LogP contribution in [0.3, 0.4) is 0 Å². The fraction of sp³-hybridized carbons (Fsp3) is 0.278. The lowest BCUT2D eigenvalue weighted by Crippen LogP contribution is -2.44. The van der Waals surface area contributed by atoms with E-state index in [1.165, 1.54) is 6.07 Å². The molecule has 0 saturated heterocycles. The zero-order valence-electron chi connectivity index (χ0n) is 12.1. The Morgan fingerprint density at radius 3 is 2.36 bits per heavy atom. The second-order valence-corrected chi connectivity index (χ2v) is 6.11. The highest BCUT2D eigenvalue weighted by Crippen LogP contribution is 2.45. The van der Waals surface area contributed by atoms with E-state index in [1.807, 2.05) is 30.3 Å². The van der Waals surface area contributed by atoms with Crippen molar-refractivity contribution >= 4 is 23.7 Å². The van der Waals surface area contributed by atoms with Gasteiger partial charge in [0.05, 0.1) is 11.2 Å². The van der Waals surface area contributed by atoms with Crippen LogP contribution in [-0.2, 0) is 10.3 Å². The molecule has 4 heteroatoms. The Kier molecular flexibility index (Phi) is 4.16. The monoisotopic (exact) mass is 317 g/mol. The van der Waals surface area contributed by atoms with Crippen LogP contribution in [0.25, 0.3) is 0 Å². The van der Waals surface area contributed by atoms with E-state index in [2.05, 4.69) is 0 Å². The van der Waals surface area contributed by atoms with E-state index >= 15 is 0 Å². The maximum Gasteiger partial charge on any atom is 0.215 e. The Morgan fingerprint density at radius 1 is 1.09 bits per heavy atom. The van der Waals surface area contributed by atoms with Crippen molar-refractivity contribution in [2.45, 2.75) is 31.2 Å². The standard InChI is InChI=1S/C18H17ClFNO/c19-15-8-9-17(16(20)12-15)21(13-22)18(10-4-5-11-18)14-6-2-1-3-7-14/h1-3,6-9,12-13H,4-5,10-11H2. The predicted molar refractivity (Wildman–Crippen MR) is 86.5 cm³/mol. The number of amides is 1. The summed E-state index contributed by atoms with van der Waals surface area (Å²) in [7, 11) is 0. The first kappa shape index (κ1) is 15.0. The van der Waals surface area contributed by atoms with Crippen LogP contribution in [-0.4, -0.2) is 6.41 Å². The molecular formula is C18H17ClFNO. The molecule has 0 unspecified atom stereocenters. The van der Waals surface area contributed by atoms with Gasteiger partial charge in [-0.3, -0.25) is 4.79 Å². The van der Waals surface area contributed by atoms with Crippen molar-refractivity contribution in [2.75, 3.05) is 4.90 Å². The van der Waals surface area contributed by atoms with Crippen LogP contribution < -0.4 is 4.90 Å². The molecule has 2 aromatic carbocycles. The van der Waals surface area contributed by atoms with Crippen molar-refractivity contribution in [3.05, 3.63) is 64.9 Å². The summed E-state index contributed by atoms with van der Waals surface area (Å²) in [5, 5.41) is 0.326. The first-order valence-electron chi connectivity index (χ1n) is 7.42. The van der Waals surface area contributed by atoms with E-state index in [0.29, 0.717) is 5.02 Å². The summed E-state index contributed by atoms with van der Waals surface area (Å²) in [6.45, 7) is 0. The topological polar surface area (TPSA) is 20.3 Å². The summed E-state index contributed by atoms with van der Waals surface area (Å²) in [5.41, 5.74) is 0.858. The Balaban J connectivity index is 2.12. The lowest BCUT2D eigenvalue weighted by Gasteiger charge is -2.39. The molecule has 2 nitrogen and oxygen atoms in total. The second-order valence-electron chi connectivity index (χ2n) is 5.68. The van der Waals surface area contributed by atoms with Gasteiger partial charge in [-0.2, -0.15) is 0 Å². The van der Waals surface area contributed by atoms with Crippen LogP contribution in [0.2, 0.25) is 5.02 Å². The second kappa shape index (κ2) is 6.09. The summed E-state index contributed by atoms with van der Waals surface area (Å²) >= 11 is 5.83. The van der Waals surface area contributed by atoms with Gasteiger partial charge in [0, 0.05) is 5.02 Å². The highest BCUT2D eigenvalue weighted by Gasteiger charge is 2.42. The molecule has 1 aliphatic rings. The summed E-state index contributed by atoms with van der Waals surface area (Å²) in [5.74, 6) is -0.471. The Hall–Kier alpha value is -1.87. The molecule has 3 rings (SSSR count). The summed E-state index contributed by atoms with van der Waals surface area (Å²) in [4.78, 5) is 13.4. The molecule has 22 heavy (non-hydrogen) atoms. The molecule has 1 amide bonds. The molecule has 2 aromatic rings. The number of hydrogen-bond acceptors (Lipinski definition) is 1. The van der Waals surface area contributed by atoms with Crippen molar-refractivity contribution in [3.63, 3.8) is 0 Å². The molecule has 0 atom stereocenters. The smallest absolute Gasteiger partial charge is 0.215 e. The van der Waals surface area contributed by atoms with Gasteiger partial charge in [0.1, 0.15) is 5.82 Å². The van der Waals surface area contributed by atoms with Gasteiger partial charge in [-0.25, -0.2) is 4.39 Å². The van der Waals surface area contributed by atoms with Crippen LogP contribution in [0, 0.1) is 5.82 Å². The maximum atomic E-state index is 14.3. The van der Waals surface area contributed by atoms with Gasteiger partial charge in [-0.05, 0) is 36.6 Å². The highest BCUT2D eigenvalue weighted by atomic mass is 35.5. The molecular weight excluding hydrogens is 301 g/mol. The molecule has 0 radical (unpaired) electrons. The Bertz CT molecular complexity index is 668. The quantitative estimate of drug-likeness (QED) is 0.734. The molecule has 114 valence electrons.